The first-order chi connectivity index (χ1) is 14.7. The Labute approximate surface area is 180 Å². The van der Waals surface area contributed by atoms with Crippen LogP contribution in [0.2, 0.25) is 0 Å². The van der Waals surface area contributed by atoms with Gasteiger partial charge in [0, 0.05) is 26.2 Å². The average molecular weight is 449 g/mol. The predicted molar refractivity (Wildman–Crippen MR) is 110 cm³/mol. The number of benzene rings is 1. The Kier molecular flexibility index (Phi) is 6.64. The first-order valence-corrected chi connectivity index (χ1v) is 11.4. The van der Waals surface area contributed by atoms with Crippen LogP contribution in [-0.4, -0.2) is 71.9 Å². The number of hydroxylamine groups is 1. The second-order valence-electron chi connectivity index (χ2n) is 7.77. The lowest BCUT2D eigenvalue weighted by molar-refractivity contribution is -0.141. The van der Waals surface area contributed by atoms with E-state index in [9.17, 15) is 18.0 Å². The van der Waals surface area contributed by atoms with Gasteiger partial charge in [-0.15, -0.1) is 0 Å². The number of nitrogens with one attached hydrogen (secondary N) is 1. The summed E-state index contributed by atoms with van der Waals surface area (Å²) in [5.74, 6) is -1.31. The minimum absolute atomic E-state index is 0.00505. The molecule has 2 heterocycles. The minimum atomic E-state index is -3.84. The molecule has 3 N–H and O–H groups in total. The molecule has 1 aromatic carbocycles. The molecule has 166 valence electrons. The van der Waals surface area contributed by atoms with Gasteiger partial charge in [-0.2, -0.15) is 9.57 Å². The Bertz CT molecular complexity index is 1020. The van der Waals surface area contributed by atoms with Crippen molar-refractivity contribution in [3.63, 3.8) is 0 Å². The van der Waals surface area contributed by atoms with Gasteiger partial charge in [-0.3, -0.25) is 10.0 Å². The first kappa shape index (κ1) is 22.7. The number of nitriles is 1. The number of carbonyl (C=O) groups excluding carboxylic acids is 1. The smallest absolute Gasteiger partial charge is 0.407 e. The molecule has 0 aliphatic carbocycles. The highest BCUT2D eigenvalue weighted by molar-refractivity contribution is 7.89. The van der Waals surface area contributed by atoms with Crippen molar-refractivity contribution in [1.82, 2.24) is 14.7 Å². The maximum absolute atomic E-state index is 13.1. The molecule has 0 saturated carbocycles. The maximum Gasteiger partial charge on any atom is 0.407 e. The summed E-state index contributed by atoms with van der Waals surface area (Å²) in [6, 6.07) is 9.12. The van der Waals surface area contributed by atoms with Crippen molar-refractivity contribution in [3.05, 3.63) is 41.5 Å². The molecule has 0 atom stereocenters. The largest absolute Gasteiger partial charge is 0.465 e. The molecule has 3 rings (SSSR count). The molecule has 0 aromatic heterocycles. The third-order valence-electron chi connectivity index (χ3n) is 5.98. The van der Waals surface area contributed by atoms with Crippen LogP contribution in [-0.2, 0) is 14.8 Å². The van der Waals surface area contributed by atoms with E-state index in [4.69, 9.17) is 15.6 Å². The van der Waals surface area contributed by atoms with Gasteiger partial charge in [0.2, 0.25) is 10.0 Å². The molecule has 2 amide bonds. The molecule has 2 aliphatic heterocycles. The van der Waals surface area contributed by atoms with Crippen molar-refractivity contribution in [2.24, 2.45) is 5.41 Å². The molecule has 0 unspecified atom stereocenters. The Morgan fingerprint density at radius 2 is 1.81 bits per heavy atom. The maximum atomic E-state index is 13.1. The van der Waals surface area contributed by atoms with Crippen molar-refractivity contribution in [3.8, 4) is 6.07 Å². The summed E-state index contributed by atoms with van der Waals surface area (Å²) < 4.78 is 27.5. The number of nitrogens with zero attached hydrogens (tertiary/aromatic N) is 3. The normalized spacial score (nSPS) is 19.2. The summed E-state index contributed by atoms with van der Waals surface area (Å²) >= 11 is 0. The van der Waals surface area contributed by atoms with Gasteiger partial charge in [-0.1, -0.05) is 18.2 Å². The van der Waals surface area contributed by atoms with Crippen LogP contribution in [0.4, 0.5) is 4.79 Å². The lowest BCUT2D eigenvalue weighted by Crippen LogP contribution is -2.54. The van der Waals surface area contributed by atoms with Crippen molar-refractivity contribution in [2.75, 3.05) is 31.9 Å². The molecule has 11 heteroatoms. The van der Waals surface area contributed by atoms with Crippen molar-refractivity contribution in [2.45, 2.75) is 19.3 Å². The summed E-state index contributed by atoms with van der Waals surface area (Å²) in [6.45, 7) is 0.421. The molecule has 10 nitrogen and oxygen atoms in total. The highest BCUT2D eigenvalue weighted by Crippen LogP contribution is 2.35. The third-order valence-corrected chi connectivity index (χ3v) is 8.02. The van der Waals surface area contributed by atoms with Crippen LogP contribution in [0.3, 0.4) is 0 Å². The van der Waals surface area contributed by atoms with E-state index in [-0.39, 0.29) is 39.0 Å². The number of rotatable bonds is 5. The summed E-state index contributed by atoms with van der Waals surface area (Å²) in [5, 5.41) is 27.2. The van der Waals surface area contributed by atoms with Crippen molar-refractivity contribution in [1.29, 1.82) is 5.26 Å². The second kappa shape index (κ2) is 9.05. The van der Waals surface area contributed by atoms with Crippen LogP contribution in [0.25, 0.3) is 5.57 Å². The average Bonchev–Trinajstić information content (AvgIpc) is 2.78. The van der Waals surface area contributed by atoms with Gasteiger partial charge in [-0.05, 0) is 42.5 Å². The van der Waals surface area contributed by atoms with E-state index >= 15 is 0 Å². The van der Waals surface area contributed by atoms with E-state index in [1.54, 1.807) is 17.6 Å². The van der Waals surface area contributed by atoms with E-state index in [2.05, 4.69) is 6.07 Å². The van der Waals surface area contributed by atoms with Crippen LogP contribution >= 0.6 is 0 Å². The lowest BCUT2D eigenvalue weighted by atomic mass is 9.79. The second-order valence-corrected chi connectivity index (χ2v) is 9.74. The zero-order chi connectivity index (χ0) is 22.6. The summed E-state index contributed by atoms with van der Waals surface area (Å²) in [7, 11) is -3.84. The summed E-state index contributed by atoms with van der Waals surface area (Å²) in [6.07, 6.45) is 1.18. The number of sulfonamides is 1. The SMILES string of the molecule is N#Cc1ccc(C2=CCN(S(=O)(=O)CC3(C(=O)NO)CCN(C(=O)O)CC3)CC2)cc1. The molecule has 2 aliphatic rings. The van der Waals surface area contributed by atoms with E-state index in [1.807, 2.05) is 18.2 Å². The fraction of sp³-hybridized carbons (Fsp3) is 0.450. The van der Waals surface area contributed by atoms with Crippen molar-refractivity contribution >= 4 is 27.6 Å². The fourth-order valence-electron chi connectivity index (χ4n) is 4.05. The molecular weight excluding hydrogens is 424 g/mol. The molecule has 1 saturated heterocycles. The third kappa shape index (κ3) is 4.87. The van der Waals surface area contributed by atoms with Crippen LogP contribution in [0, 0.1) is 16.7 Å². The first-order valence-electron chi connectivity index (χ1n) is 9.80. The number of carbonyl (C=O) groups is 2. The van der Waals surface area contributed by atoms with Gasteiger partial charge in [-0.25, -0.2) is 18.7 Å². The predicted octanol–water partition coefficient (Wildman–Crippen LogP) is 1.24. The Hall–Kier alpha value is -2.94. The summed E-state index contributed by atoms with van der Waals surface area (Å²) in [4.78, 5) is 24.6. The molecule has 1 aromatic rings. The van der Waals surface area contributed by atoms with E-state index in [1.165, 1.54) is 4.31 Å². The number of hydrogen-bond donors (Lipinski definition) is 3. The monoisotopic (exact) mass is 448 g/mol. The number of hydrogen-bond acceptors (Lipinski definition) is 6. The standard InChI is InChI=1S/C20H24N4O6S/c21-13-15-1-3-16(4-2-15)17-5-9-24(10-6-17)31(29,30)14-20(18(25)22-28)7-11-23(12-8-20)19(26)27/h1-5,28H,6-12,14H2,(H,22,25)(H,26,27). The molecule has 0 radical (unpaired) electrons. The van der Waals surface area contributed by atoms with Crippen LogP contribution < -0.4 is 5.48 Å². The molecule has 31 heavy (non-hydrogen) atoms. The van der Waals surface area contributed by atoms with E-state index in [0.717, 1.165) is 16.0 Å². The quantitative estimate of drug-likeness (QED) is 0.453. The van der Waals surface area contributed by atoms with Crippen LogP contribution in [0.15, 0.2) is 30.3 Å². The number of likely N-dealkylation sites (tertiary alicyclic amines) is 1. The Balaban J connectivity index is 1.73. The highest BCUT2D eigenvalue weighted by Gasteiger charge is 2.47. The van der Waals surface area contributed by atoms with Gasteiger partial charge in [0.1, 0.15) is 0 Å². The van der Waals surface area contributed by atoms with Crippen molar-refractivity contribution < 1.29 is 28.3 Å². The van der Waals surface area contributed by atoms with E-state index < -0.39 is 33.2 Å². The zero-order valence-electron chi connectivity index (χ0n) is 16.8. The molecule has 0 spiro atoms. The van der Waals surface area contributed by atoms with E-state index in [0.29, 0.717) is 12.0 Å². The Morgan fingerprint density at radius 3 is 2.29 bits per heavy atom. The fourth-order valence-corrected chi connectivity index (χ4v) is 6.02. The molecular formula is C20H24N4O6S. The number of amides is 2. The number of carboxylic acid groups (broad SMARTS) is 1. The highest BCUT2D eigenvalue weighted by atomic mass is 32.2. The van der Waals surface area contributed by atoms with Gasteiger partial charge < -0.3 is 10.0 Å². The van der Waals surface area contributed by atoms with Gasteiger partial charge in [0.15, 0.2) is 0 Å². The van der Waals surface area contributed by atoms with Crippen LogP contribution in [0.1, 0.15) is 30.4 Å². The van der Waals surface area contributed by atoms with Gasteiger partial charge >= 0.3 is 6.09 Å². The zero-order valence-corrected chi connectivity index (χ0v) is 17.6. The number of piperidine rings is 1. The topological polar surface area (TPSA) is 151 Å². The van der Waals surface area contributed by atoms with Gasteiger partial charge in [0.05, 0.1) is 22.8 Å². The molecule has 0 bridgehead atoms. The Morgan fingerprint density at radius 1 is 1.16 bits per heavy atom. The van der Waals surface area contributed by atoms with Crippen LogP contribution in [0.5, 0.6) is 0 Å². The van der Waals surface area contributed by atoms with Gasteiger partial charge in [0.25, 0.3) is 5.91 Å². The molecule has 1 fully saturated rings. The minimum Gasteiger partial charge on any atom is -0.465 e. The lowest BCUT2D eigenvalue weighted by Gasteiger charge is -2.40. The summed E-state index contributed by atoms with van der Waals surface area (Å²) in [5.41, 5.74) is 2.62.